The van der Waals surface area contributed by atoms with Crippen LogP contribution in [0.5, 0.6) is 5.88 Å². The third-order valence-electron chi connectivity index (χ3n) is 5.05. The summed E-state index contributed by atoms with van der Waals surface area (Å²) in [5.41, 5.74) is 2.69. The van der Waals surface area contributed by atoms with Crippen molar-refractivity contribution in [3.05, 3.63) is 36.8 Å². The van der Waals surface area contributed by atoms with E-state index >= 15 is 0 Å². The van der Waals surface area contributed by atoms with Crippen LogP contribution in [-0.2, 0) is 11.3 Å². The van der Waals surface area contributed by atoms with Crippen molar-refractivity contribution in [3.63, 3.8) is 0 Å². The van der Waals surface area contributed by atoms with Crippen LogP contribution in [0.3, 0.4) is 0 Å². The topological polar surface area (TPSA) is 74.1 Å². The lowest BCUT2D eigenvalue weighted by molar-refractivity contribution is -0.000365. The van der Waals surface area contributed by atoms with Gasteiger partial charge in [-0.2, -0.15) is 5.10 Å². The molecule has 4 heterocycles. The molecule has 1 N–H and O–H groups in total. The second kappa shape index (κ2) is 7.25. The average molecular weight is 365 g/mol. The van der Waals surface area contributed by atoms with Crippen molar-refractivity contribution in [3.8, 4) is 17.1 Å². The van der Waals surface area contributed by atoms with Crippen LogP contribution < -0.4 is 10.1 Å². The van der Waals surface area contributed by atoms with Crippen molar-refractivity contribution in [1.82, 2.24) is 25.1 Å². The Morgan fingerprint density at radius 1 is 1.33 bits per heavy atom. The summed E-state index contributed by atoms with van der Waals surface area (Å²) in [6.07, 6.45) is 8.38. The summed E-state index contributed by atoms with van der Waals surface area (Å²) >= 11 is 0. The first-order valence-corrected chi connectivity index (χ1v) is 9.59. The van der Waals surface area contributed by atoms with Gasteiger partial charge in [0.25, 0.3) is 0 Å². The second-order valence-corrected chi connectivity index (χ2v) is 7.29. The maximum atomic E-state index is 6.06. The summed E-state index contributed by atoms with van der Waals surface area (Å²) < 4.78 is 13.8. The van der Waals surface area contributed by atoms with Crippen LogP contribution in [-0.4, -0.2) is 52.2 Å². The molecule has 0 radical (unpaired) electrons. The molecule has 0 bridgehead atoms. The van der Waals surface area contributed by atoms with Crippen molar-refractivity contribution in [2.24, 2.45) is 5.92 Å². The van der Waals surface area contributed by atoms with Gasteiger partial charge in [0.15, 0.2) is 0 Å². The number of hydrogen-bond donors (Lipinski definition) is 1. The van der Waals surface area contributed by atoms with Crippen LogP contribution in [0.15, 0.2) is 36.8 Å². The predicted octanol–water partition coefficient (Wildman–Crippen LogP) is 2.27. The molecule has 0 unspecified atom stereocenters. The third kappa shape index (κ3) is 3.79. The van der Waals surface area contributed by atoms with Crippen LogP contribution in [0, 0.1) is 5.92 Å². The molecule has 1 aliphatic carbocycles. The van der Waals surface area contributed by atoms with E-state index in [9.17, 15) is 0 Å². The van der Waals surface area contributed by atoms with Crippen LogP contribution in [0.1, 0.15) is 12.8 Å². The van der Waals surface area contributed by atoms with E-state index in [0.29, 0.717) is 19.1 Å². The normalized spacial score (nSPS) is 20.1. The highest BCUT2D eigenvalue weighted by Gasteiger charge is 2.22. The molecular weight excluding hydrogens is 342 g/mol. The van der Waals surface area contributed by atoms with Gasteiger partial charge in [0.2, 0.25) is 5.88 Å². The highest BCUT2D eigenvalue weighted by atomic mass is 16.5. The Kier molecular flexibility index (Phi) is 4.47. The largest absolute Gasteiger partial charge is 0.474 e. The van der Waals surface area contributed by atoms with Crippen molar-refractivity contribution < 1.29 is 9.47 Å². The fourth-order valence-electron chi connectivity index (χ4n) is 3.36. The zero-order valence-corrected chi connectivity index (χ0v) is 15.2. The molecule has 3 aromatic rings. The van der Waals surface area contributed by atoms with Crippen LogP contribution in [0.2, 0.25) is 0 Å². The van der Waals surface area contributed by atoms with Crippen LogP contribution in [0.25, 0.3) is 22.2 Å². The van der Waals surface area contributed by atoms with E-state index in [1.54, 1.807) is 6.20 Å². The van der Waals surface area contributed by atoms with E-state index in [1.807, 2.05) is 29.1 Å². The first-order chi connectivity index (χ1) is 13.3. The second-order valence-electron chi connectivity index (χ2n) is 7.29. The third-order valence-corrected chi connectivity index (χ3v) is 5.05. The van der Waals surface area contributed by atoms with Gasteiger partial charge < -0.3 is 14.8 Å². The first-order valence-electron chi connectivity index (χ1n) is 9.59. The SMILES string of the molecule is c1cnc2cc(-c3cnn(CC4CC4)c3)nc(OC[C@@H]3CNCCO3)c2c1. The summed E-state index contributed by atoms with van der Waals surface area (Å²) in [6.45, 7) is 3.85. The van der Waals surface area contributed by atoms with Gasteiger partial charge in [-0.3, -0.25) is 9.67 Å². The Morgan fingerprint density at radius 3 is 3.15 bits per heavy atom. The zero-order chi connectivity index (χ0) is 18.1. The van der Waals surface area contributed by atoms with Crippen molar-refractivity contribution in [2.75, 3.05) is 26.3 Å². The van der Waals surface area contributed by atoms with Gasteiger partial charge >= 0.3 is 0 Å². The molecule has 1 saturated carbocycles. The summed E-state index contributed by atoms with van der Waals surface area (Å²) in [5.74, 6) is 1.38. The number of morpholine rings is 1. The zero-order valence-electron chi connectivity index (χ0n) is 15.2. The van der Waals surface area contributed by atoms with Gasteiger partial charge in [-0.15, -0.1) is 0 Å². The number of fused-ring (bicyclic) bond motifs is 1. The molecule has 1 aliphatic heterocycles. The smallest absolute Gasteiger partial charge is 0.223 e. The van der Waals surface area contributed by atoms with Crippen LogP contribution >= 0.6 is 0 Å². The molecular formula is C20H23N5O2. The van der Waals surface area contributed by atoms with E-state index in [2.05, 4.69) is 21.6 Å². The maximum Gasteiger partial charge on any atom is 0.223 e. The van der Waals surface area contributed by atoms with E-state index in [1.165, 1.54) is 12.8 Å². The lowest BCUT2D eigenvalue weighted by atomic mass is 10.2. The molecule has 0 aromatic carbocycles. The van der Waals surface area contributed by atoms with Crippen molar-refractivity contribution in [1.29, 1.82) is 0 Å². The Labute approximate surface area is 157 Å². The van der Waals surface area contributed by atoms with Gasteiger partial charge in [-0.1, -0.05) is 0 Å². The first kappa shape index (κ1) is 16.6. The Morgan fingerprint density at radius 2 is 2.30 bits per heavy atom. The van der Waals surface area contributed by atoms with Gasteiger partial charge in [-0.25, -0.2) is 4.98 Å². The lowest BCUT2D eigenvalue weighted by Crippen LogP contribution is -2.41. The molecule has 2 fully saturated rings. The maximum absolute atomic E-state index is 6.06. The fourth-order valence-corrected chi connectivity index (χ4v) is 3.36. The van der Waals surface area contributed by atoms with Gasteiger partial charge in [0.1, 0.15) is 12.7 Å². The minimum absolute atomic E-state index is 0.0391. The number of nitrogens with zero attached hydrogens (tertiary/aromatic N) is 4. The van der Waals surface area contributed by atoms with E-state index in [0.717, 1.165) is 47.7 Å². The molecule has 2 aliphatic rings. The van der Waals surface area contributed by atoms with Crippen molar-refractivity contribution in [2.45, 2.75) is 25.5 Å². The monoisotopic (exact) mass is 365 g/mol. The minimum Gasteiger partial charge on any atom is -0.474 e. The van der Waals surface area contributed by atoms with E-state index in [4.69, 9.17) is 14.5 Å². The fraction of sp³-hybridized carbons (Fsp3) is 0.450. The number of aromatic nitrogens is 4. The van der Waals surface area contributed by atoms with Gasteiger partial charge in [0, 0.05) is 37.6 Å². The number of hydrogen-bond acceptors (Lipinski definition) is 6. The highest BCUT2D eigenvalue weighted by Crippen LogP contribution is 2.32. The molecule has 5 rings (SSSR count). The molecule has 27 heavy (non-hydrogen) atoms. The molecule has 0 amide bonds. The Balaban J connectivity index is 1.43. The molecule has 7 nitrogen and oxygen atoms in total. The Hall–Kier alpha value is -2.51. The van der Waals surface area contributed by atoms with Gasteiger partial charge in [-0.05, 0) is 37.0 Å². The van der Waals surface area contributed by atoms with Crippen LogP contribution in [0.4, 0.5) is 0 Å². The number of nitrogens with one attached hydrogen (secondary N) is 1. The minimum atomic E-state index is 0.0391. The van der Waals surface area contributed by atoms with E-state index in [-0.39, 0.29) is 6.10 Å². The summed E-state index contributed by atoms with van der Waals surface area (Å²) in [5, 5.41) is 8.72. The van der Waals surface area contributed by atoms with Crippen molar-refractivity contribution >= 4 is 10.9 Å². The molecule has 1 atom stereocenters. The highest BCUT2D eigenvalue weighted by molar-refractivity contribution is 5.86. The predicted molar refractivity (Wildman–Crippen MR) is 102 cm³/mol. The van der Waals surface area contributed by atoms with Gasteiger partial charge in [0.05, 0.1) is 29.4 Å². The molecule has 140 valence electrons. The quantitative estimate of drug-likeness (QED) is 0.722. The summed E-state index contributed by atoms with van der Waals surface area (Å²) in [4.78, 5) is 9.27. The number of ether oxygens (including phenoxy) is 2. The number of pyridine rings is 2. The molecule has 7 heteroatoms. The average Bonchev–Trinajstić information content (AvgIpc) is 3.41. The summed E-state index contributed by atoms with van der Waals surface area (Å²) in [7, 11) is 0. The molecule has 1 saturated heterocycles. The summed E-state index contributed by atoms with van der Waals surface area (Å²) in [6, 6.07) is 5.90. The lowest BCUT2D eigenvalue weighted by Gasteiger charge is -2.23. The Bertz CT molecular complexity index is 931. The molecule has 3 aromatic heterocycles. The number of rotatable bonds is 6. The molecule has 0 spiro atoms. The standard InChI is InChI=1S/C20H23N5O2/c1-2-17-19(22-5-1)8-18(15-9-23-25(12-15)11-14-3-4-14)24-20(17)27-13-16-10-21-6-7-26-16/h1-2,5,8-9,12,14,16,21H,3-4,6-7,10-11,13H2/t16-/m0/s1. The van der Waals surface area contributed by atoms with E-state index < -0.39 is 0 Å².